The standard InChI is InChI=1S/C27H52NO2/c1-3-4-5-6-7-8-9-10-11-12-13-14-15-21-27(29)30-24-25-19-18-23-28(2)22-17-16-20-26(25)28/h25-26H,3-24H2,1-2H3/q+1/t25-,26+,28+/m1/s1. The van der Waals surface area contributed by atoms with Crippen LogP contribution in [0.5, 0.6) is 0 Å². The number of hydrogen-bond donors (Lipinski definition) is 0. The summed E-state index contributed by atoms with van der Waals surface area (Å²) in [5, 5.41) is 0. The number of ether oxygens (including phenoxy) is 1. The molecule has 2 heterocycles. The zero-order chi connectivity index (χ0) is 21.5. The summed E-state index contributed by atoms with van der Waals surface area (Å²) in [7, 11) is 2.44. The number of unbranched alkanes of at least 4 members (excludes halogenated alkanes) is 12. The molecule has 2 aliphatic heterocycles. The second-order valence-corrected chi connectivity index (χ2v) is 10.6. The molecule has 0 aromatic rings. The van der Waals surface area contributed by atoms with Gasteiger partial charge in [-0.15, -0.1) is 0 Å². The molecule has 176 valence electrons. The summed E-state index contributed by atoms with van der Waals surface area (Å²) in [6, 6.07) is 0.733. The van der Waals surface area contributed by atoms with Crippen LogP contribution in [0, 0.1) is 5.92 Å². The van der Waals surface area contributed by atoms with Crippen LogP contribution in [0.1, 0.15) is 129 Å². The van der Waals surface area contributed by atoms with Crippen molar-refractivity contribution >= 4 is 5.97 Å². The monoisotopic (exact) mass is 422 g/mol. The Morgan fingerprint density at radius 3 is 1.97 bits per heavy atom. The number of carbonyl (C=O) groups is 1. The first kappa shape index (κ1) is 25.7. The molecular formula is C27H52NO2+. The molecule has 30 heavy (non-hydrogen) atoms. The van der Waals surface area contributed by atoms with Crippen molar-refractivity contribution in [3.63, 3.8) is 0 Å². The molecule has 0 aromatic heterocycles. The first-order valence-electron chi connectivity index (χ1n) is 13.7. The average molecular weight is 423 g/mol. The smallest absolute Gasteiger partial charge is 0.305 e. The van der Waals surface area contributed by atoms with E-state index in [-0.39, 0.29) is 5.97 Å². The minimum absolute atomic E-state index is 0.0497. The predicted molar refractivity (Wildman–Crippen MR) is 128 cm³/mol. The van der Waals surface area contributed by atoms with E-state index in [0.717, 1.165) is 12.5 Å². The van der Waals surface area contributed by atoms with Gasteiger partial charge in [0.15, 0.2) is 0 Å². The predicted octanol–water partition coefficient (Wildman–Crippen LogP) is 7.42. The number of nitrogens with zero attached hydrogens (tertiary/aromatic N) is 1. The van der Waals surface area contributed by atoms with Crippen molar-refractivity contribution in [2.24, 2.45) is 5.92 Å². The molecule has 0 saturated carbocycles. The Balaban J connectivity index is 1.41. The Kier molecular flexibility index (Phi) is 13.1. The lowest BCUT2D eigenvalue weighted by Crippen LogP contribution is -2.61. The highest BCUT2D eigenvalue weighted by Gasteiger charge is 2.43. The number of carbonyl (C=O) groups excluding carboxylic acids is 1. The summed E-state index contributed by atoms with van der Waals surface area (Å²) >= 11 is 0. The summed E-state index contributed by atoms with van der Waals surface area (Å²) in [6.45, 7) is 5.61. The van der Waals surface area contributed by atoms with Crippen molar-refractivity contribution in [3.05, 3.63) is 0 Å². The van der Waals surface area contributed by atoms with E-state index in [4.69, 9.17) is 4.74 Å². The van der Waals surface area contributed by atoms with Gasteiger partial charge in [0.2, 0.25) is 0 Å². The third kappa shape index (κ3) is 9.71. The van der Waals surface area contributed by atoms with Crippen molar-refractivity contribution < 1.29 is 14.0 Å². The number of fused-ring (bicyclic) bond motifs is 1. The van der Waals surface area contributed by atoms with Gasteiger partial charge in [0.05, 0.1) is 32.8 Å². The highest BCUT2D eigenvalue weighted by atomic mass is 16.5. The molecule has 0 unspecified atom stereocenters. The van der Waals surface area contributed by atoms with Gasteiger partial charge < -0.3 is 9.22 Å². The number of quaternary nitrogens is 1. The van der Waals surface area contributed by atoms with Crippen LogP contribution < -0.4 is 0 Å². The molecule has 0 aliphatic carbocycles. The molecule has 3 nitrogen and oxygen atoms in total. The van der Waals surface area contributed by atoms with Crippen LogP contribution in [0.25, 0.3) is 0 Å². The quantitative estimate of drug-likeness (QED) is 0.147. The normalized spacial score (nSPS) is 26.3. The van der Waals surface area contributed by atoms with Crippen LogP contribution in [-0.2, 0) is 9.53 Å². The summed E-state index contributed by atoms with van der Waals surface area (Å²) in [4.78, 5) is 12.2. The molecular weight excluding hydrogens is 370 g/mol. The third-order valence-electron chi connectivity index (χ3n) is 7.95. The maximum Gasteiger partial charge on any atom is 0.305 e. The first-order chi connectivity index (χ1) is 14.7. The van der Waals surface area contributed by atoms with Crippen LogP contribution in [0.2, 0.25) is 0 Å². The fourth-order valence-corrected chi connectivity index (χ4v) is 5.99. The Labute approximate surface area is 187 Å². The number of piperidine rings is 2. The SMILES string of the molecule is CCCCCCCCCCCCCCCC(=O)OC[C@H]1CCC[N@+]2(C)CCCC[C@@H]12. The number of rotatable bonds is 16. The van der Waals surface area contributed by atoms with Gasteiger partial charge in [-0.2, -0.15) is 0 Å². The zero-order valence-electron chi connectivity index (χ0n) is 20.5. The van der Waals surface area contributed by atoms with Gasteiger partial charge in [-0.05, 0) is 32.1 Å². The molecule has 0 amide bonds. The van der Waals surface area contributed by atoms with E-state index in [2.05, 4.69) is 14.0 Å². The van der Waals surface area contributed by atoms with Crippen LogP contribution in [0.4, 0.5) is 0 Å². The Morgan fingerprint density at radius 1 is 0.767 bits per heavy atom. The van der Waals surface area contributed by atoms with E-state index in [1.54, 1.807) is 0 Å². The molecule has 0 radical (unpaired) electrons. The highest BCUT2D eigenvalue weighted by Crippen LogP contribution is 2.36. The lowest BCUT2D eigenvalue weighted by molar-refractivity contribution is -0.947. The Bertz CT molecular complexity index is 448. The van der Waals surface area contributed by atoms with Crippen LogP contribution in [-0.4, -0.2) is 43.2 Å². The largest absolute Gasteiger partial charge is 0.465 e. The van der Waals surface area contributed by atoms with E-state index >= 15 is 0 Å². The molecule has 3 atom stereocenters. The fraction of sp³-hybridized carbons (Fsp3) is 0.963. The van der Waals surface area contributed by atoms with Gasteiger partial charge in [-0.1, -0.05) is 84.0 Å². The summed E-state index contributed by atoms with van der Waals surface area (Å²) in [5.41, 5.74) is 0. The van der Waals surface area contributed by atoms with Gasteiger partial charge in [-0.3, -0.25) is 4.79 Å². The second-order valence-electron chi connectivity index (χ2n) is 10.6. The molecule has 0 aromatic carbocycles. The molecule has 3 heteroatoms. The molecule has 2 rings (SSSR count). The summed E-state index contributed by atoms with van der Waals surface area (Å²) in [6.07, 6.45) is 24.7. The van der Waals surface area contributed by atoms with Crippen molar-refractivity contribution in [2.75, 3.05) is 26.7 Å². The van der Waals surface area contributed by atoms with Crippen LogP contribution in [0.15, 0.2) is 0 Å². The van der Waals surface area contributed by atoms with Crippen molar-refractivity contribution in [2.45, 2.75) is 135 Å². The van der Waals surface area contributed by atoms with E-state index in [0.29, 0.717) is 18.9 Å². The Morgan fingerprint density at radius 2 is 1.33 bits per heavy atom. The van der Waals surface area contributed by atoms with E-state index in [9.17, 15) is 4.79 Å². The van der Waals surface area contributed by atoms with E-state index in [1.807, 2.05) is 0 Å². The average Bonchev–Trinajstić information content (AvgIpc) is 2.75. The maximum absolute atomic E-state index is 12.2. The minimum Gasteiger partial charge on any atom is -0.465 e. The topological polar surface area (TPSA) is 26.3 Å². The summed E-state index contributed by atoms with van der Waals surface area (Å²) < 4.78 is 6.97. The van der Waals surface area contributed by atoms with Gasteiger partial charge >= 0.3 is 5.97 Å². The summed E-state index contributed by atoms with van der Waals surface area (Å²) in [5.74, 6) is 0.647. The molecule has 0 bridgehead atoms. The third-order valence-corrected chi connectivity index (χ3v) is 7.95. The Hall–Kier alpha value is -0.570. The second kappa shape index (κ2) is 15.3. The molecule has 0 N–H and O–H groups in total. The fourth-order valence-electron chi connectivity index (χ4n) is 5.99. The lowest BCUT2D eigenvalue weighted by Gasteiger charge is -2.51. The molecule has 2 saturated heterocycles. The van der Waals surface area contributed by atoms with Gasteiger partial charge in [0, 0.05) is 18.8 Å². The van der Waals surface area contributed by atoms with Gasteiger partial charge in [0.25, 0.3) is 0 Å². The van der Waals surface area contributed by atoms with Crippen molar-refractivity contribution in [1.82, 2.24) is 0 Å². The van der Waals surface area contributed by atoms with Gasteiger partial charge in [-0.25, -0.2) is 0 Å². The minimum atomic E-state index is 0.0497. The van der Waals surface area contributed by atoms with E-state index < -0.39 is 0 Å². The number of esters is 1. The van der Waals surface area contributed by atoms with Crippen molar-refractivity contribution in [1.29, 1.82) is 0 Å². The number of hydrogen-bond acceptors (Lipinski definition) is 2. The van der Waals surface area contributed by atoms with Crippen molar-refractivity contribution in [3.8, 4) is 0 Å². The van der Waals surface area contributed by atoms with Crippen LogP contribution in [0.3, 0.4) is 0 Å². The maximum atomic E-state index is 12.2. The molecule has 2 fully saturated rings. The lowest BCUT2D eigenvalue weighted by atomic mass is 9.82. The first-order valence-corrected chi connectivity index (χ1v) is 13.7. The molecule has 2 aliphatic rings. The molecule has 0 spiro atoms. The zero-order valence-corrected chi connectivity index (χ0v) is 20.5. The van der Waals surface area contributed by atoms with Crippen LogP contribution >= 0.6 is 0 Å². The van der Waals surface area contributed by atoms with Gasteiger partial charge in [0.1, 0.15) is 0 Å². The van der Waals surface area contributed by atoms with E-state index in [1.165, 1.54) is 127 Å². The highest BCUT2D eigenvalue weighted by molar-refractivity contribution is 5.69.